The highest BCUT2D eigenvalue weighted by Crippen LogP contribution is 2.01. The maximum atomic E-state index is 10.2. The second-order valence-electron chi connectivity index (χ2n) is 2.27. The van der Waals surface area contributed by atoms with E-state index in [0.29, 0.717) is 13.2 Å². The predicted molar refractivity (Wildman–Crippen MR) is 40.2 cm³/mol. The highest BCUT2D eigenvalue weighted by Gasteiger charge is 2.06. The van der Waals surface area contributed by atoms with Gasteiger partial charge in [0.15, 0.2) is 0 Å². The van der Waals surface area contributed by atoms with E-state index in [2.05, 4.69) is 10.5 Å². The lowest BCUT2D eigenvalue weighted by molar-refractivity contribution is 0.134. The molecule has 0 aliphatic carbocycles. The number of hydrogen-bond donors (Lipinski definition) is 2. The van der Waals surface area contributed by atoms with Crippen molar-refractivity contribution in [3.63, 3.8) is 0 Å². The molecule has 0 aromatic heterocycles. The van der Waals surface area contributed by atoms with Gasteiger partial charge in [0.25, 0.3) is 0 Å². The molecule has 11 heavy (non-hydrogen) atoms. The molecule has 1 rings (SSSR count). The number of nitrogens with two attached hydrogens (primary N) is 1. The number of rotatable bonds is 1. The summed E-state index contributed by atoms with van der Waals surface area (Å²) in [5.74, 6) is 0. The molecule has 2 amide bonds. The third kappa shape index (κ3) is 2.99. The van der Waals surface area contributed by atoms with Crippen molar-refractivity contribution in [2.24, 2.45) is 10.8 Å². The minimum absolute atomic E-state index is 0.621. The van der Waals surface area contributed by atoms with Crippen molar-refractivity contribution in [3.8, 4) is 0 Å². The molecule has 1 saturated heterocycles. The SMILES string of the molecule is NC(=O)NN=C1CCOCC1. The van der Waals surface area contributed by atoms with Crippen molar-refractivity contribution in [3.05, 3.63) is 0 Å². The topological polar surface area (TPSA) is 76.7 Å². The monoisotopic (exact) mass is 157 g/mol. The van der Waals surface area contributed by atoms with Crippen LogP contribution in [0.1, 0.15) is 12.8 Å². The lowest BCUT2D eigenvalue weighted by Gasteiger charge is -2.12. The van der Waals surface area contributed by atoms with Crippen molar-refractivity contribution in [2.45, 2.75) is 12.8 Å². The van der Waals surface area contributed by atoms with E-state index in [1.54, 1.807) is 0 Å². The molecule has 5 heteroatoms. The number of urea groups is 1. The van der Waals surface area contributed by atoms with Crippen LogP contribution >= 0.6 is 0 Å². The largest absolute Gasteiger partial charge is 0.381 e. The zero-order valence-corrected chi connectivity index (χ0v) is 6.17. The van der Waals surface area contributed by atoms with Crippen LogP contribution in [0.3, 0.4) is 0 Å². The molecule has 0 unspecified atom stereocenters. The minimum Gasteiger partial charge on any atom is -0.381 e. The summed E-state index contributed by atoms with van der Waals surface area (Å²) in [6.45, 7) is 1.36. The maximum Gasteiger partial charge on any atom is 0.332 e. The third-order valence-corrected chi connectivity index (χ3v) is 1.39. The first-order valence-electron chi connectivity index (χ1n) is 3.47. The van der Waals surface area contributed by atoms with Gasteiger partial charge >= 0.3 is 6.03 Å². The van der Waals surface area contributed by atoms with E-state index >= 15 is 0 Å². The van der Waals surface area contributed by atoms with Crippen molar-refractivity contribution in [2.75, 3.05) is 13.2 Å². The van der Waals surface area contributed by atoms with Crippen molar-refractivity contribution in [1.29, 1.82) is 0 Å². The van der Waals surface area contributed by atoms with Gasteiger partial charge in [0.05, 0.1) is 13.2 Å². The van der Waals surface area contributed by atoms with Crippen molar-refractivity contribution in [1.82, 2.24) is 5.43 Å². The van der Waals surface area contributed by atoms with Gasteiger partial charge in [-0.3, -0.25) is 0 Å². The number of primary amides is 1. The summed E-state index contributed by atoms with van der Waals surface area (Å²) in [5.41, 5.74) is 7.95. The summed E-state index contributed by atoms with van der Waals surface area (Å²) in [6, 6.07) is -0.621. The Hall–Kier alpha value is -1.10. The first-order chi connectivity index (χ1) is 5.29. The van der Waals surface area contributed by atoms with Crippen LogP contribution in [0.2, 0.25) is 0 Å². The van der Waals surface area contributed by atoms with Gasteiger partial charge in [-0.05, 0) is 0 Å². The fraction of sp³-hybridized carbons (Fsp3) is 0.667. The Labute approximate surface area is 64.6 Å². The Balaban J connectivity index is 2.32. The molecule has 1 aliphatic rings. The molecular formula is C6H11N3O2. The summed E-state index contributed by atoms with van der Waals surface area (Å²) < 4.78 is 5.08. The van der Waals surface area contributed by atoms with Gasteiger partial charge in [-0.25, -0.2) is 10.2 Å². The van der Waals surface area contributed by atoms with Gasteiger partial charge < -0.3 is 10.5 Å². The molecule has 5 nitrogen and oxygen atoms in total. The van der Waals surface area contributed by atoms with Crippen molar-refractivity contribution >= 4 is 11.7 Å². The molecule has 3 N–H and O–H groups in total. The normalized spacial score (nSPS) is 17.6. The second kappa shape index (κ2) is 3.92. The van der Waals surface area contributed by atoms with Gasteiger partial charge in [0.1, 0.15) is 0 Å². The first kappa shape index (κ1) is 8.00. The van der Waals surface area contributed by atoms with E-state index in [1.807, 2.05) is 0 Å². The summed E-state index contributed by atoms with van der Waals surface area (Å²) in [4.78, 5) is 10.2. The Morgan fingerprint density at radius 2 is 2.18 bits per heavy atom. The lowest BCUT2D eigenvalue weighted by atomic mass is 10.2. The highest BCUT2D eigenvalue weighted by molar-refractivity contribution is 5.86. The van der Waals surface area contributed by atoms with Crippen LogP contribution in [-0.4, -0.2) is 25.0 Å². The number of carbonyl (C=O) groups is 1. The molecule has 0 radical (unpaired) electrons. The number of ether oxygens (including phenoxy) is 1. The number of nitrogens with one attached hydrogen (secondary N) is 1. The summed E-state index contributed by atoms with van der Waals surface area (Å²) in [5, 5.41) is 3.79. The van der Waals surface area contributed by atoms with Gasteiger partial charge in [0, 0.05) is 18.6 Å². The molecule has 0 bridgehead atoms. The van der Waals surface area contributed by atoms with E-state index in [9.17, 15) is 4.79 Å². The van der Waals surface area contributed by atoms with Crippen LogP contribution in [0.15, 0.2) is 5.10 Å². The molecule has 1 heterocycles. The Morgan fingerprint density at radius 3 is 2.73 bits per heavy atom. The fourth-order valence-electron chi connectivity index (χ4n) is 0.853. The van der Waals surface area contributed by atoms with Gasteiger partial charge in [-0.2, -0.15) is 5.10 Å². The van der Waals surface area contributed by atoms with E-state index in [0.717, 1.165) is 18.6 Å². The Kier molecular flexibility index (Phi) is 2.85. The maximum absolute atomic E-state index is 10.2. The Morgan fingerprint density at radius 1 is 1.55 bits per heavy atom. The third-order valence-electron chi connectivity index (χ3n) is 1.39. The standard InChI is InChI=1S/C6H11N3O2/c7-6(10)9-8-5-1-3-11-4-2-5/h1-4H2,(H3,7,9,10). The highest BCUT2D eigenvalue weighted by atomic mass is 16.5. The number of hydrogen-bond acceptors (Lipinski definition) is 3. The summed E-state index contributed by atoms with van der Waals surface area (Å²) in [6.07, 6.45) is 1.56. The second-order valence-corrected chi connectivity index (χ2v) is 2.27. The van der Waals surface area contributed by atoms with Crippen molar-refractivity contribution < 1.29 is 9.53 Å². The molecule has 62 valence electrons. The van der Waals surface area contributed by atoms with Gasteiger partial charge in [-0.15, -0.1) is 0 Å². The minimum atomic E-state index is -0.621. The first-order valence-corrected chi connectivity index (χ1v) is 3.47. The average molecular weight is 157 g/mol. The molecule has 1 aliphatic heterocycles. The molecule has 0 aromatic rings. The average Bonchev–Trinajstić information content (AvgIpc) is 2.03. The fourth-order valence-corrected chi connectivity index (χ4v) is 0.853. The van der Waals surface area contributed by atoms with Gasteiger partial charge in [-0.1, -0.05) is 0 Å². The lowest BCUT2D eigenvalue weighted by Crippen LogP contribution is -2.27. The Bertz CT molecular complexity index is 171. The zero-order valence-electron chi connectivity index (χ0n) is 6.17. The van der Waals surface area contributed by atoms with Crippen LogP contribution in [0, 0.1) is 0 Å². The van der Waals surface area contributed by atoms with Crippen LogP contribution in [0.4, 0.5) is 4.79 Å². The number of hydrazone groups is 1. The molecule has 0 aromatic carbocycles. The smallest absolute Gasteiger partial charge is 0.332 e. The van der Waals surface area contributed by atoms with E-state index < -0.39 is 6.03 Å². The molecule has 1 fully saturated rings. The van der Waals surface area contributed by atoms with Crippen LogP contribution in [-0.2, 0) is 4.74 Å². The van der Waals surface area contributed by atoms with E-state index in [1.165, 1.54) is 0 Å². The molecule has 0 atom stereocenters. The number of carbonyl (C=O) groups excluding carboxylic acids is 1. The number of amides is 2. The van der Waals surface area contributed by atoms with Crippen LogP contribution in [0.25, 0.3) is 0 Å². The van der Waals surface area contributed by atoms with E-state index in [-0.39, 0.29) is 0 Å². The zero-order chi connectivity index (χ0) is 8.10. The van der Waals surface area contributed by atoms with E-state index in [4.69, 9.17) is 10.5 Å². The predicted octanol–water partition coefficient (Wildman–Crippen LogP) is -0.179. The van der Waals surface area contributed by atoms with Crippen LogP contribution < -0.4 is 11.2 Å². The quantitative estimate of drug-likeness (QED) is 0.518. The number of nitrogens with zero attached hydrogens (tertiary/aromatic N) is 1. The molecule has 0 spiro atoms. The van der Waals surface area contributed by atoms with Gasteiger partial charge in [0.2, 0.25) is 0 Å². The summed E-state index contributed by atoms with van der Waals surface area (Å²) >= 11 is 0. The molecular weight excluding hydrogens is 146 g/mol. The van der Waals surface area contributed by atoms with Crippen LogP contribution in [0.5, 0.6) is 0 Å². The summed E-state index contributed by atoms with van der Waals surface area (Å²) in [7, 11) is 0. The molecule has 0 saturated carbocycles.